The lowest BCUT2D eigenvalue weighted by Gasteiger charge is -2.40. The van der Waals surface area contributed by atoms with Crippen LogP contribution in [0.2, 0.25) is 10.0 Å². The average Bonchev–Trinajstić information content (AvgIpc) is 2.74. The van der Waals surface area contributed by atoms with Gasteiger partial charge in [-0.2, -0.15) is 0 Å². The number of hydrogen-bond donors (Lipinski definition) is 0. The van der Waals surface area contributed by atoms with Gasteiger partial charge in [0, 0.05) is 19.2 Å². The molecule has 2 aromatic carbocycles. The summed E-state index contributed by atoms with van der Waals surface area (Å²) >= 11 is 11.8. The maximum atomic E-state index is 12.6. The number of rotatable bonds is 5. The second kappa shape index (κ2) is 8.84. The van der Waals surface area contributed by atoms with E-state index >= 15 is 0 Å². The van der Waals surface area contributed by atoms with Crippen molar-refractivity contribution in [3.8, 4) is 5.75 Å². The third-order valence-electron chi connectivity index (χ3n) is 5.13. The van der Waals surface area contributed by atoms with E-state index in [1.165, 1.54) is 7.11 Å². The molecule has 0 spiro atoms. The number of nitrogens with zero attached hydrogens (tertiary/aromatic N) is 1. The second-order valence-corrected chi connectivity index (χ2v) is 7.50. The Morgan fingerprint density at radius 3 is 2.32 bits per heavy atom. The summed E-state index contributed by atoms with van der Waals surface area (Å²) < 4.78 is 10.6. The Morgan fingerprint density at radius 1 is 1.04 bits per heavy atom. The summed E-state index contributed by atoms with van der Waals surface area (Å²) in [5, 5.41) is 0.798. The first-order valence-electron chi connectivity index (χ1n) is 8.96. The van der Waals surface area contributed by atoms with Crippen molar-refractivity contribution in [3.05, 3.63) is 64.1 Å². The van der Waals surface area contributed by atoms with Crippen LogP contribution in [0.1, 0.15) is 18.4 Å². The zero-order valence-electron chi connectivity index (χ0n) is 15.5. The molecule has 0 N–H and O–H groups in total. The minimum Gasteiger partial charge on any atom is -0.484 e. The number of carbonyl (C=O) groups is 2. The molecule has 1 heterocycles. The quantitative estimate of drug-likeness (QED) is 0.681. The molecule has 0 aromatic heterocycles. The van der Waals surface area contributed by atoms with Gasteiger partial charge in [-0.3, -0.25) is 9.59 Å². The summed E-state index contributed by atoms with van der Waals surface area (Å²) in [6, 6.07) is 14.4. The molecule has 1 aliphatic heterocycles. The third kappa shape index (κ3) is 4.26. The Hall–Kier alpha value is -2.24. The van der Waals surface area contributed by atoms with Gasteiger partial charge in [0.1, 0.15) is 5.75 Å². The lowest BCUT2D eigenvalue weighted by molar-refractivity contribution is -0.151. The minimum absolute atomic E-state index is 0.103. The van der Waals surface area contributed by atoms with Crippen LogP contribution < -0.4 is 4.74 Å². The standard InChI is InChI=1S/C21H21Cl2NO4/c1-27-20(26)21(15-5-3-2-4-6-15)9-11-24(12-10-21)19(25)14-28-16-7-8-17(22)18(23)13-16/h2-8,13H,9-12,14H2,1H3. The van der Waals surface area contributed by atoms with Crippen molar-refractivity contribution in [2.45, 2.75) is 18.3 Å². The van der Waals surface area contributed by atoms with Gasteiger partial charge in [0.25, 0.3) is 5.91 Å². The number of methoxy groups -OCH3 is 1. The topological polar surface area (TPSA) is 55.8 Å². The van der Waals surface area contributed by atoms with E-state index in [9.17, 15) is 9.59 Å². The zero-order chi connectivity index (χ0) is 20.1. The predicted octanol–water partition coefficient (Wildman–Crippen LogP) is 4.11. The summed E-state index contributed by atoms with van der Waals surface area (Å²) in [6.45, 7) is 0.801. The Balaban J connectivity index is 1.63. The van der Waals surface area contributed by atoms with Crippen molar-refractivity contribution in [2.75, 3.05) is 26.8 Å². The molecule has 1 fully saturated rings. The van der Waals surface area contributed by atoms with Crippen LogP contribution in [0.25, 0.3) is 0 Å². The molecule has 0 saturated carbocycles. The van der Waals surface area contributed by atoms with Crippen molar-refractivity contribution in [1.82, 2.24) is 4.90 Å². The number of halogens is 2. The highest BCUT2D eigenvalue weighted by molar-refractivity contribution is 6.42. The van der Waals surface area contributed by atoms with Crippen LogP contribution >= 0.6 is 23.2 Å². The highest BCUT2D eigenvalue weighted by atomic mass is 35.5. The van der Waals surface area contributed by atoms with Gasteiger partial charge in [-0.1, -0.05) is 53.5 Å². The molecule has 7 heteroatoms. The van der Waals surface area contributed by atoms with Crippen molar-refractivity contribution in [1.29, 1.82) is 0 Å². The SMILES string of the molecule is COC(=O)C1(c2ccccc2)CCN(C(=O)COc2ccc(Cl)c(Cl)c2)CC1. The Morgan fingerprint density at radius 2 is 1.71 bits per heavy atom. The van der Waals surface area contributed by atoms with Crippen LogP contribution in [0.5, 0.6) is 5.75 Å². The fourth-order valence-corrected chi connectivity index (χ4v) is 3.79. The van der Waals surface area contributed by atoms with E-state index in [0.717, 1.165) is 5.56 Å². The van der Waals surface area contributed by atoms with Gasteiger partial charge in [0.15, 0.2) is 6.61 Å². The molecular formula is C21H21Cl2NO4. The van der Waals surface area contributed by atoms with Crippen LogP contribution in [0, 0.1) is 0 Å². The minimum atomic E-state index is -0.725. The lowest BCUT2D eigenvalue weighted by atomic mass is 9.72. The maximum Gasteiger partial charge on any atom is 0.316 e. The molecule has 0 atom stereocenters. The summed E-state index contributed by atoms with van der Waals surface area (Å²) in [6.07, 6.45) is 1.00. The predicted molar refractivity (Wildman–Crippen MR) is 108 cm³/mol. The summed E-state index contributed by atoms with van der Waals surface area (Å²) in [5.74, 6) is 0.0726. The molecule has 0 aliphatic carbocycles. The van der Waals surface area contributed by atoms with Crippen molar-refractivity contribution < 1.29 is 19.1 Å². The first-order valence-corrected chi connectivity index (χ1v) is 9.71. The molecule has 1 saturated heterocycles. The normalized spacial score (nSPS) is 15.8. The first-order chi connectivity index (χ1) is 13.5. The highest BCUT2D eigenvalue weighted by Gasteiger charge is 2.44. The molecule has 3 rings (SSSR count). The third-order valence-corrected chi connectivity index (χ3v) is 5.86. The van der Waals surface area contributed by atoms with Crippen LogP contribution in [-0.2, 0) is 19.7 Å². The van der Waals surface area contributed by atoms with E-state index in [2.05, 4.69) is 0 Å². The van der Waals surface area contributed by atoms with E-state index in [1.807, 2.05) is 30.3 Å². The van der Waals surface area contributed by atoms with Gasteiger partial charge < -0.3 is 14.4 Å². The number of carbonyl (C=O) groups excluding carboxylic acids is 2. The molecule has 28 heavy (non-hydrogen) atoms. The largest absolute Gasteiger partial charge is 0.484 e. The number of hydrogen-bond acceptors (Lipinski definition) is 4. The average molecular weight is 422 g/mol. The fraction of sp³-hybridized carbons (Fsp3) is 0.333. The Kier molecular flexibility index (Phi) is 6.47. The van der Waals surface area contributed by atoms with Crippen molar-refractivity contribution in [2.24, 2.45) is 0 Å². The van der Waals surface area contributed by atoms with Gasteiger partial charge in [-0.15, -0.1) is 0 Å². The zero-order valence-corrected chi connectivity index (χ0v) is 17.0. The molecule has 0 unspecified atom stereocenters. The van der Waals surface area contributed by atoms with Crippen LogP contribution in [0.3, 0.4) is 0 Å². The number of amides is 1. The van der Waals surface area contributed by atoms with Gasteiger partial charge in [-0.25, -0.2) is 0 Å². The number of likely N-dealkylation sites (tertiary alicyclic amines) is 1. The summed E-state index contributed by atoms with van der Waals surface area (Å²) in [4.78, 5) is 26.8. The van der Waals surface area contributed by atoms with E-state index in [4.69, 9.17) is 32.7 Å². The molecule has 148 valence electrons. The van der Waals surface area contributed by atoms with Gasteiger partial charge >= 0.3 is 5.97 Å². The fourth-order valence-electron chi connectivity index (χ4n) is 3.50. The van der Waals surface area contributed by atoms with Crippen molar-refractivity contribution in [3.63, 3.8) is 0 Å². The molecule has 0 bridgehead atoms. The summed E-state index contributed by atoms with van der Waals surface area (Å²) in [5.41, 5.74) is 0.193. The van der Waals surface area contributed by atoms with E-state index < -0.39 is 5.41 Å². The second-order valence-electron chi connectivity index (χ2n) is 6.69. The number of esters is 1. The lowest BCUT2D eigenvalue weighted by Crippen LogP contribution is -2.50. The van der Waals surface area contributed by atoms with Crippen LogP contribution in [0.4, 0.5) is 0 Å². The van der Waals surface area contributed by atoms with Gasteiger partial charge in [-0.05, 0) is 30.5 Å². The number of piperidine rings is 1. The van der Waals surface area contributed by atoms with Gasteiger partial charge in [0.2, 0.25) is 0 Å². The number of benzene rings is 2. The molecule has 5 nitrogen and oxygen atoms in total. The highest BCUT2D eigenvalue weighted by Crippen LogP contribution is 2.37. The maximum absolute atomic E-state index is 12.6. The molecule has 0 radical (unpaired) electrons. The van der Waals surface area contributed by atoms with Crippen molar-refractivity contribution >= 4 is 35.1 Å². The molecule has 1 amide bonds. The Labute approximate surface area is 174 Å². The van der Waals surface area contributed by atoms with Crippen LogP contribution in [-0.4, -0.2) is 43.6 Å². The molecule has 1 aliphatic rings. The number of ether oxygens (including phenoxy) is 2. The van der Waals surface area contributed by atoms with E-state index in [-0.39, 0.29) is 18.5 Å². The van der Waals surface area contributed by atoms with Gasteiger partial charge in [0.05, 0.1) is 22.6 Å². The summed E-state index contributed by atoms with van der Waals surface area (Å²) in [7, 11) is 1.40. The molecular weight excluding hydrogens is 401 g/mol. The van der Waals surface area contributed by atoms with E-state index in [0.29, 0.717) is 41.7 Å². The Bertz CT molecular complexity index is 849. The van der Waals surface area contributed by atoms with Crippen LogP contribution in [0.15, 0.2) is 48.5 Å². The first kappa shape index (κ1) is 20.5. The van der Waals surface area contributed by atoms with E-state index in [1.54, 1.807) is 23.1 Å². The smallest absolute Gasteiger partial charge is 0.316 e. The monoisotopic (exact) mass is 421 g/mol. The molecule has 2 aromatic rings.